The molecule has 0 unspecified atom stereocenters. The van der Waals surface area contributed by atoms with Gasteiger partial charge in [0.1, 0.15) is 5.69 Å². The van der Waals surface area contributed by atoms with E-state index in [1.165, 1.54) is 5.56 Å². The Kier molecular flexibility index (Phi) is 2.75. The smallest absolute Gasteiger partial charge is 0.162 e. The third kappa shape index (κ3) is 1.92. The first-order valence-electron chi connectivity index (χ1n) is 6.47. The van der Waals surface area contributed by atoms with Crippen molar-refractivity contribution in [1.82, 2.24) is 24.6 Å². The van der Waals surface area contributed by atoms with Crippen molar-refractivity contribution in [2.24, 2.45) is 0 Å². The Bertz CT molecular complexity index is 911. The van der Waals surface area contributed by atoms with Gasteiger partial charge in [-0.15, -0.1) is 11.3 Å². The quantitative estimate of drug-likeness (QED) is 0.569. The molecule has 0 atom stereocenters. The maximum absolute atomic E-state index is 4.54. The van der Waals surface area contributed by atoms with E-state index in [0.717, 1.165) is 27.3 Å². The Morgan fingerprint density at radius 3 is 2.76 bits per heavy atom. The second kappa shape index (κ2) is 4.75. The van der Waals surface area contributed by atoms with Crippen molar-refractivity contribution in [1.29, 1.82) is 0 Å². The highest BCUT2D eigenvalue weighted by Crippen LogP contribution is 2.29. The van der Waals surface area contributed by atoms with Crippen LogP contribution in [-0.4, -0.2) is 24.6 Å². The van der Waals surface area contributed by atoms with E-state index in [-0.39, 0.29) is 0 Å². The molecule has 0 aliphatic heterocycles. The van der Waals surface area contributed by atoms with Crippen LogP contribution in [0.4, 0.5) is 0 Å². The monoisotopic (exact) mass is 293 g/mol. The molecule has 0 N–H and O–H groups in total. The number of pyridine rings is 1. The molecule has 0 amide bonds. The maximum atomic E-state index is 4.54. The molecule has 4 aromatic heterocycles. The summed E-state index contributed by atoms with van der Waals surface area (Å²) >= 11 is 1.58. The molecule has 0 aliphatic carbocycles. The normalized spacial score (nSPS) is 11.1. The van der Waals surface area contributed by atoms with Gasteiger partial charge in [-0.1, -0.05) is 0 Å². The van der Waals surface area contributed by atoms with Gasteiger partial charge in [-0.05, 0) is 24.6 Å². The third-order valence-electron chi connectivity index (χ3n) is 3.42. The van der Waals surface area contributed by atoms with Gasteiger partial charge in [-0.3, -0.25) is 9.97 Å². The van der Waals surface area contributed by atoms with Gasteiger partial charge >= 0.3 is 0 Å². The highest BCUT2D eigenvalue weighted by atomic mass is 32.1. The molecule has 4 aromatic rings. The van der Waals surface area contributed by atoms with E-state index in [4.69, 9.17) is 0 Å². The van der Waals surface area contributed by atoms with E-state index in [1.54, 1.807) is 23.7 Å². The molecule has 0 spiro atoms. The van der Waals surface area contributed by atoms with E-state index < -0.39 is 0 Å². The zero-order valence-corrected chi connectivity index (χ0v) is 12.1. The second-order valence-corrected chi connectivity index (χ2v) is 5.57. The highest BCUT2D eigenvalue weighted by molar-refractivity contribution is 7.13. The lowest BCUT2D eigenvalue weighted by molar-refractivity contribution is 0.945. The van der Waals surface area contributed by atoms with Crippen LogP contribution in [0.5, 0.6) is 0 Å². The molecule has 6 heteroatoms. The molecule has 4 rings (SSSR count). The lowest BCUT2D eigenvalue weighted by atomic mass is 10.1. The second-order valence-electron chi connectivity index (χ2n) is 4.68. The van der Waals surface area contributed by atoms with Crippen LogP contribution >= 0.6 is 11.3 Å². The minimum atomic E-state index is 0.831. The van der Waals surface area contributed by atoms with Gasteiger partial charge in [0.15, 0.2) is 5.65 Å². The van der Waals surface area contributed by atoms with Crippen molar-refractivity contribution < 1.29 is 0 Å². The number of aromatic nitrogens is 5. The summed E-state index contributed by atoms with van der Waals surface area (Å²) in [6.45, 7) is 2.07. The first kappa shape index (κ1) is 12.2. The number of hydrogen-bond acceptors (Lipinski definition) is 5. The average Bonchev–Trinajstić information content (AvgIpc) is 3.16. The number of hydrogen-bond donors (Lipinski definition) is 0. The van der Waals surface area contributed by atoms with E-state index in [9.17, 15) is 0 Å². The van der Waals surface area contributed by atoms with E-state index in [0.29, 0.717) is 0 Å². The lowest BCUT2D eigenvalue weighted by Crippen LogP contribution is -1.96. The molecule has 5 nitrogen and oxygen atoms in total. The van der Waals surface area contributed by atoms with Crippen LogP contribution in [0.25, 0.3) is 27.3 Å². The molecule has 21 heavy (non-hydrogen) atoms. The number of imidazole rings is 1. The molecule has 0 aromatic carbocycles. The van der Waals surface area contributed by atoms with Gasteiger partial charge in [-0.2, -0.15) is 5.10 Å². The summed E-state index contributed by atoms with van der Waals surface area (Å²) in [5.74, 6) is 0. The highest BCUT2D eigenvalue weighted by Gasteiger charge is 2.13. The Hall–Kier alpha value is -2.60. The van der Waals surface area contributed by atoms with Crippen molar-refractivity contribution in [3.63, 3.8) is 0 Å². The average molecular weight is 293 g/mol. The van der Waals surface area contributed by atoms with Crippen LogP contribution in [-0.2, 0) is 0 Å². The summed E-state index contributed by atoms with van der Waals surface area (Å²) in [7, 11) is 0. The molecule has 0 bridgehead atoms. The third-order valence-corrected chi connectivity index (χ3v) is 4.21. The summed E-state index contributed by atoms with van der Waals surface area (Å²) in [6, 6.07) is 3.97. The fourth-order valence-electron chi connectivity index (χ4n) is 2.36. The first-order chi connectivity index (χ1) is 10.3. The molecule has 0 saturated carbocycles. The molecular formula is C15H11N5S. The van der Waals surface area contributed by atoms with Crippen molar-refractivity contribution in [2.45, 2.75) is 6.92 Å². The standard InChI is InChI=1S/C15H11N5S/c1-10-2-4-16-6-12(10)11-3-5-19-20-13(7-18-15(11)20)14-8-17-9-21-14/h2-9H,1H3. The summed E-state index contributed by atoms with van der Waals surface area (Å²) in [5, 5.41) is 4.43. The van der Waals surface area contributed by atoms with Gasteiger partial charge < -0.3 is 0 Å². The minimum absolute atomic E-state index is 0.831. The summed E-state index contributed by atoms with van der Waals surface area (Å²) in [4.78, 5) is 13.9. The zero-order chi connectivity index (χ0) is 14.2. The number of thiazole rings is 1. The van der Waals surface area contributed by atoms with Gasteiger partial charge in [-0.25, -0.2) is 9.50 Å². The molecule has 0 aliphatic rings. The Morgan fingerprint density at radius 1 is 1.00 bits per heavy atom. The Balaban J connectivity index is 1.99. The maximum Gasteiger partial charge on any atom is 0.162 e. The number of fused-ring (bicyclic) bond motifs is 1. The van der Waals surface area contributed by atoms with Gasteiger partial charge in [0.25, 0.3) is 0 Å². The van der Waals surface area contributed by atoms with Crippen LogP contribution < -0.4 is 0 Å². The first-order valence-corrected chi connectivity index (χ1v) is 7.35. The SMILES string of the molecule is Cc1ccncc1-c1ccnn2c(-c3cncs3)cnc12. The lowest BCUT2D eigenvalue weighted by Gasteiger charge is -2.06. The fourth-order valence-corrected chi connectivity index (χ4v) is 2.98. The van der Waals surface area contributed by atoms with Crippen LogP contribution in [0, 0.1) is 6.92 Å². The summed E-state index contributed by atoms with van der Waals surface area (Å²) < 4.78 is 1.86. The predicted octanol–water partition coefficient (Wildman–Crippen LogP) is 3.22. The topological polar surface area (TPSA) is 56.0 Å². The van der Waals surface area contributed by atoms with Crippen molar-refractivity contribution in [2.75, 3.05) is 0 Å². The Labute approximate surface area is 125 Å². The van der Waals surface area contributed by atoms with Gasteiger partial charge in [0.2, 0.25) is 0 Å². The van der Waals surface area contributed by atoms with Crippen molar-refractivity contribution >= 4 is 17.0 Å². The van der Waals surface area contributed by atoms with Crippen molar-refractivity contribution in [3.05, 3.63) is 54.2 Å². The zero-order valence-electron chi connectivity index (χ0n) is 11.3. The molecule has 0 saturated heterocycles. The summed E-state index contributed by atoms with van der Waals surface area (Å²) in [6.07, 6.45) is 9.13. The number of nitrogens with zero attached hydrogens (tertiary/aromatic N) is 5. The summed E-state index contributed by atoms with van der Waals surface area (Å²) in [5.41, 5.74) is 6.87. The predicted molar refractivity (Wildman–Crippen MR) is 82.1 cm³/mol. The molecule has 4 heterocycles. The van der Waals surface area contributed by atoms with Crippen molar-refractivity contribution in [3.8, 4) is 21.7 Å². The van der Waals surface area contributed by atoms with Crippen LogP contribution in [0.2, 0.25) is 0 Å². The van der Waals surface area contributed by atoms with Crippen LogP contribution in [0.3, 0.4) is 0 Å². The fraction of sp³-hybridized carbons (Fsp3) is 0.0667. The molecule has 102 valence electrons. The minimum Gasteiger partial charge on any atom is -0.264 e. The largest absolute Gasteiger partial charge is 0.264 e. The molecular weight excluding hydrogens is 282 g/mol. The van der Waals surface area contributed by atoms with Crippen LogP contribution in [0.1, 0.15) is 5.56 Å². The van der Waals surface area contributed by atoms with E-state index in [1.807, 2.05) is 40.7 Å². The number of rotatable bonds is 2. The van der Waals surface area contributed by atoms with E-state index in [2.05, 4.69) is 27.0 Å². The molecule has 0 fully saturated rings. The van der Waals surface area contributed by atoms with Gasteiger partial charge in [0, 0.05) is 35.9 Å². The number of aryl methyl sites for hydroxylation is 1. The van der Waals surface area contributed by atoms with Crippen LogP contribution in [0.15, 0.2) is 48.6 Å². The molecule has 0 radical (unpaired) electrons. The van der Waals surface area contributed by atoms with Gasteiger partial charge in [0.05, 0.1) is 16.6 Å². The Morgan fingerprint density at radius 2 is 1.95 bits per heavy atom. The van der Waals surface area contributed by atoms with E-state index >= 15 is 0 Å².